The summed E-state index contributed by atoms with van der Waals surface area (Å²) >= 11 is 0. The van der Waals surface area contributed by atoms with Gasteiger partial charge in [-0.2, -0.15) is 0 Å². The van der Waals surface area contributed by atoms with Crippen LogP contribution in [0.1, 0.15) is 17.3 Å². The molecule has 0 spiro atoms. The maximum atomic E-state index is 12.1. The highest BCUT2D eigenvalue weighted by atomic mass is 32.2. The smallest absolute Gasteiger partial charge is 0.195 e. The zero-order valence-electron chi connectivity index (χ0n) is 21.3. The summed E-state index contributed by atoms with van der Waals surface area (Å²) in [6, 6.07) is 12.9. The van der Waals surface area contributed by atoms with E-state index in [1.165, 1.54) is 18.3 Å². The SMILES string of the molecule is CCS(=O)(=O)c1ccc(Oc2cc(C=O)c3nc(-c4ccccn4)n(COCC[Si](C)(C)C)c3c2)cn1. The molecule has 0 unspecified atom stereocenters. The maximum absolute atomic E-state index is 12.1. The summed E-state index contributed by atoms with van der Waals surface area (Å²) in [6.07, 6.45) is 3.77. The predicted octanol–water partition coefficient (Wildman–Crippen LogP) is 5.20. The first kappa shape index (κ1) is 26.6. The van der Waals surface area contributed by atoms with Crippen LogP contribution >= 0.6 is 0 Å². The van der Waals surface area contributed by atoms with Gasteiger partial charge >= 0.3 is 0 Å². The van der Waals surface area contributed by atoms with Crippen LogP contribution in [0, 0.1) is 0 Å². The van der Waals surface area contributed by atoms with Gasteiger partial charge in [-0.25, -0.2) is 18.4 Å². The van der Waals surface area contributed by atoms with Gasteiger partial charge in [0.1, 0.15) is 29.4 Å². The zero-order valence-corrected chi connectivity index (χ0v) is 23.2. The minimum atomic E-state index is -3.42. The van der Waals surface area contributed by atoms with Crippen LogP contribution in [0.25, 0.3) is 22.6 Å². The molecule has 1 aromatic carbocycles. The molecule has 0 bridgehead atoms. The number of carbonyl (C=O) groups is 1. The van der Waals surface area contributed by atoms with Gasteiger partial charge in [0.25, 0.3) is 0 Å². The fourth-order valence-electron chi connectivity index (χ4n) is 3.62. The minimum absolute atomic E-state index is 0.0140. The summed E-state index contributed by atoms with van der Waals surface area (Å²) in [6.45, 7) is 9.30. The van der Waals surface area contributed by atoms with Crippen LogP contribution in [-0.2, 0) is 21.3 Å². The molecule has 0 amide bonds. The number of benzene rings is 1. The number of sulfone groups is 1. The van der Waals surface area contributed by atoms with Gasteiger partial charge in [0.05, 0.1) is 17.5 Å². The summed E-state index contributed by atoms with van der Waals surface area (Å²) in [7, 11) is -4.69. The van der Waals surface area contributed by atoms with Crippen LogP contribution in [0.3, 0.4) is 0 Å². The van der Waals surface area contributed by atoms with Crippen LogP contribution in [0.2, 0.25) is 25.7 Å². The van der Waals surface area contributed by atoms with Crippen molar-refractivity contribution in [3.8, 4) is 23.0 Å². The Morgan fingerprint density at radius 2 is 1.86 bits per heavy atom. The van der Waals surface area contributed by atoms with Gasteiger partial charge in [0, 0.05) is 32.5 Å². The normalized spacial score (nSPS) is 12.1. The number of ether oxygens (including phenoxy) is 2. The lowest BCUT2D eigenvalue weighted by Crippen LogP contribution is -2.22. The standard InChI is InChI=1S/C26H30N4O5SSi/c1-5-36(32,33)24-10-9-20(16-28-24)35-21-14-19(17-31)25-23(15-21)30(18-34-12-13-37(2,3)4)26(29-25)22-8-6-7-11-27-22/h6-11,14-17H,5,12-13,18H2,1-4H3. The van der Waals surface area contributed by atoms with Crippen LogP contribution in [0.15, 0.2) is 59.9 Å². The molecule has 3 heterocycles. The van der Waals surface area contributed by atoms with Crippen molar-refractivity contribution in [1.82, 2.24) is 19.5 Å². The Morgan fingerprint density at radius 3 is 2.49 bits per heavy atom. The Morgan fingerprint density at radius 1 is 1.05 bits per heavy atom. The van der Waals surface area contributed by atoms with E-state index in [-0.39, 0.29) is 17.5 Å². The topological polar surface area (TPSA) is 113 Å². The highest BCUT2D eigenvalue weighted by molar-refractivity contribution is 7.91. The van der Waals surface area contributed by atoms with E-state index >= 15 is 0 Å². The first-order chi connectivity index (χ1) is 17.6. The molecule has 0 radical (unpaired) electrons. The average molecular weight is 539 g/mol. The minimum Gasteiger partial charge on any atom is -0.456 e. The van der Waals surface area contributed by atoms with E-state index in [2.05, 4.69) is 29.6 Å². The summed E-state index contributed by atoms with van der Waals surface area (Å²) in [5.41, 5.74) is 2.18. The lowest BCUT2D eigenvalue weighted by molar-refractivity contribution is 0.0909. The third-order valence-corrected chi connectivity index (χ3v) is 9.08. The summed E-state index contributed by atoms with van der Waals surface area (Å²) in [5, 5.41) is -0.0140. The third-order valence-electron chi connectivity index (χ3n) is 5.74. The second-order valence-corrected chi connectivity index (χ2v) is 17.6. The quantitative estimate of drug-likeness (QED) is 0.145. The van der Waals surface area contributed by atoms with Crippen molar-refractivity contribution in [1.29, 1.82) is 0 Å². The molecular weight excluding hydrogens is 508 g/mol. The molecule has 0 fully saturated rings. The molecular formula is C26H30N4O5SSi. The Labute approximate surface area is 217 Å². The largest absolute Gasteiger partial charge is 0.456 e. The number of pyridine rings is 2. The van der Waals surface area contributed by atoms with Gasteiger partial charge in [-0.05, 0) is 36.4 Å². The van der Waals surface area contributed by atoms with Gasteiger partial charge in [-0.15, -0.1) is 0 Å². The lowest BCUT2D eigenvalue weighted by Gasteiger charge is -2.16. The molecule has 37 heavy (non-hydrogen) atoms. The summed E-state index contributed by atoms with van der Waals surface area (Å²) in [4.78, 5) is 25.2. The number of aromatic nitrogens is 4. The highest BCUT2D eigenvalue weighted by Gasteiger charge is 2.19. The molecule has 4 aromatic rings. The van der Waals surface area contributed by atoms with Gasteiger partial charge in [0.2, 0.25) is 0 Å². The first-order valence-electron chi connectivity index (χ1n) is 12.0. The predicted molar refractivity (Wildman–Crippen MR) is 144 cm³/mol. The molecule has 0 aliphatic rings. The van der Waals surface area contributed by atoms with Crippen LogP contribution in [0.4, 0.5) is 0 Å². The van der Waals surface area contributed by atoms with Crippen molar-refractivity contribution < 1.29 is 22.7 Å². The van der Waals surface area contributed by atoms with Gasteiger partial charge in [0.15, 0.2) is 27.0 Å². The molecule has 3 aromatic heterocycles. The Balaban J connectivity index is 1.73. The van der Waals surface area contributed by atoms with E-state index in [1.54, 1.807) is 25.3 Å². The molecule has 4 rings (SSSR count). The van der Waals surface area contributed by atoms with Crippen molar-refractivity contribution in [2.75, 3.05) is 12.4 Å². The molecule has 11 heteroatoms. The number of imidazole rings is 1. The Hall–Kier alpha value is -3.41. The van der Waals surface area contributed by atoms with E-state index in [0.29, 0.717) is 46.2 Å². The fourth-order valence-corrected chi connectivity index (χ4v) is 5.16. The van der Waals surface area contributed by atoms with E-state index in [1.807, 2.05) is 22.8 Å². The maximum Gasteiger partial charge on any atom is 0.195 e. The van der Waals surface area contributed by atoms with Crippen molar-refractivity contribution >= 4 is 35.2 Å². The zero-order chi connectivity index (χ0) is 26.6. The second kappa shape index (κ2) is 10.9. The number of fused-ring (bicyclic) bond motifs is 1. The van der Waals surface area contributed by atoms with E-state index in [4.69, 9.17) is 14.5 Å². The summed E-state index contributed by atoms with van der Waals surface area (Å²) < 4.78 is 38.0. The van der Waals surface area contributed by atoms with Crippen molar-refractivity contribution in [3.05, 3.63) is 60.4 Å². The highest BCUT2D eigenvalue weighted by Crippen LogP contribution is 2.31. The van der Waals surface area contributed by atoms with Crippen molar-refractivity contribution in [3.63, 3.8) is 0 Å². The van der Waals surface area contributed by atoms with Crippen molar-refractivity contribution in [2.24, 2.45) is 0 Å². The Kier molecular flexibility index (Phi) is 7.86. The van der Waals surface area contributed by atoms with E-state index < -0.39 is 17.9 Å². The van der Waals surface area contributed by atoms with Crippen molar-refractivity contribution in [2.45, 2.75) is 44.4 Å². The number of hydrogen-bond donors (Lipinski definition) is 0. The molecule has 0 saturated carbocycles. The molecule has 194 valence electrons. The van der Waals surface area contributed by atoms with E-state index in [9.17, 15) is 13.2 Å². The Bertz CT molecular complexity index is 1500. The molecule has 0 atom stereocenters. The average Bonchev–Trinajstić information content (AvgIpc) is 3.25. The molecule has 0 aliphatic heterocycles. The molecule has 0 aliphatic carbocycles. The first-order valence-corrected chi connectivity index (χ1v) is 17.3. The molecule has 9 nitrogen and oxygen atoms in total. The van der Waals surface area contributed by atoms with Crippen LogP contribution in [-0.4, -0.2) is 54.7 Å². The molecule has 0 N–H and O–H groups in total. The fraction of sp³-hybridized carbons (Fsp3) is 0.308. The molecule has 0 saturated heterocycles. The number of nitrogens with zero attached hydrogens (tertiary/aromatic N) is 4. The number of hydrogen-bond acceptors (Lipinski definition) is 8. The van der Waals surface area contributed by atoms with Crippen LogP contribution < -0.4 is 4.74 Å². The van der Waals surface area contributed by atoms with Gasteiger partial charge in [-0.1, -0.05) is 32.6 Å². The second-order valence-electron chi connectivity index (χ2n) is 9.76. The number of aldehydes is 1. The van der Waals surface area contributed by atoms with Crippen LogP contribution in [0.5, 0.6) is 11.5 Å². The monoisotopic (exact) mass is 538 g/mol. The van der Waals surface area contributed by atoms with E-state index in [0.717, 1.165) is 12.3 Å². The van der Waals surface area contributed by atoms with Gasteiger partial charge < -0.3 is 9.47 Å². The number of carbonyl (C=O) groups excluding carboxylic acids is 1. The summed E-state index contributed by atoms with van der Waals surface area (Å²) in [5.74, 6) is 1.27. The van der Waals surface area contributed by atoms with Gasteiger partial charge in [-0.3, -0.25) is 14.3 Å². The lowest BCUT2D eigenvalue weighted by atomic mass is 10.2. The number of rotatable bonds is 11. The third kappa shape index (κ3) is 6.30.